The SMILES string of the molecule is CC.CC(C)CCN(CC12CC3CC(CC(C3)C1)C2)[C@@H]1CCC(CC(=O)O)CC1c1ccc(C(F)(F)F)cc1.O[C](=[V])CC1CC[C@@H](N(CCC2CCCCC2)CCC2CCCCC2)C(c2ccc(C(F)(F)F)cc2)C1. The van der Waals surface area contributed by atoms with Gasteiger partial charge in [0, 0.05) is 19.0 Å². The molecular formula is C64H96F6N2O3V. The van der Waals surface area contributed by atoms with Crippen molar-refractivity contribution in [1.29, 1.82) is 0 Å². The van der Waals surface area contributed by atoms with Crippen LogP contribution in [0.25, 0.3) is 0 Å². The van der Waals surface area contributed by atoms with Gasteiger partial charge in [-0.05, 0) is 129 Å². The van der Waals surface area contributed by atoms with Crippen molar-refractivity contribution < 1.29 is 58.3 Å². The number of carboxylic acids is 1. The number of carbonyl (C=O) groups is 1. The van der Waals surface area contributed by atoms with E-state index in [4.69, 9.17) is 0 Å². The fourth-order valence-electron chi connectivity index (χ4n) is 16.6. The average Bonchev–Trinajstić information content (AvgIpc) is 3.40. The third-order valence-electron chi connectivity index (χ3n) is 19.8. The van der Waals surface area contributed by atoms with E-state index in [1.165, 1.54) is 140 Å². The molecule has 2 aromatic rings. The second-order valence-corrected chi connectivity index (χ2v) is 26.7. The summed E-state index contributed by atoms with van der Waals surface area (Å²) in [7, 11) is 0. The Hall–Kier alpha value is -2.18. The van der Waals surface area contributed by atoms with Gasteiger partial charge in [0.05, 0.1) is 5.56 Å². The summed E-state index contributed by atoms with van der Waals surface area (Å²) in [6.45, 7) is 12.9. The van der Waals surface area contributed by atoms with Crippen molar-refractivity contribution in [2.24, 2.45) is 52.8 Å². The number of hydrogen-bond acceptors (Lipinski definition) is 4. The van der Waals surface area contributed by atoms with Crippen molar-refractivity contribution in [2.45, 2.75) is 237 Å². The summed E-state index contributed by atoms with van der Waals surface area (Å²) in [4.78, 5) is 17.0. The summed E-state index contributed by atoms with van der Waals surface area (Å²) in [5.41, 5.74) is 1.19. The molecule has 0 spiro atoms. The third-order valence-corrected chi connectivity index (χ3v) is 20.1. The van der Waals surface area contributed by atoms with Crippen LogP contribution in [0, 0.1) is 52.8 Å². The zero-order chi connectivity index (χ0) is 54.6. The van der Waals surface area contributed by atoms with Crippen LogP contribution in [0.3, 0.4) is 0 Å². The molecule has 6 atom stereocenters. The van der Waals surface area contributed by atoms with E-state index in [1.807, 2.05) is 13.8 Å². The van der Waals surface area contributed by atoms with Gasteiger partial charge in [-0.25, -0.2) is 0 Å². The molecule has 12 heteroatoms. The first kappa shape index (κ1) is 61.4. The molecule has 10 rings (SSSR count). The van der Waals surface area contributed by atoms with Crippen LogP contribution in [-0.2, 0) is 34.1 Å². The summed E-state index contributed by atoms with van der Waals surface area (Å²) in [6.07, 6.45) is 23.3. The maximum absolute atomic E-state index is 13.3. The number of carboxylic acid groups (broad SMARTS) is 1. The summed E-state index contributed by atoms with van der Waals surface area (Å²) in [5.74, 6) is 4.87. The van der Waals surface area contributed by atoms with Crippen LogP contribution in [0.2, 0.25) is 0 Å². The van der Waals surface area contributed by atoms with Crippen LogP contribution in [-0.4, -0.2) is 68.7 Å². The molecule has 4 bridgehead atoms. The molecule has 76 heavy (non-hydrogen) atoms. The standard InChI is InChI=1S/C31H44F3NO2.C31H46F3NO.C2H6.V/c1-20(2)9-10-35(19-30-16-22-11-23(17-30)13-24(12-22)18-30)28-8-3-21(15-29(36)37)14-27(28)25-4-6-26(7-5-25)31(32,33)34;32-31(33,34)28-14-12-27(13-15-28)29-23-26(19-22-36)11-16-30(29)35(20-17-24-7-3-1-4-8-24)21-18-25-9-5-2-6-10-25;1-2;/h4-7,20-24,27-28H,3,8-19H2,1-2H3,(H,36,37);12-15,24-26,29-30,36H,1-11,16-21,23H2;1-2H3;/t21?,22?,23?,24?,27?,28-,30?;26?,29?,30-;;/m11../s1. The van der Waals surface area contributed by atoms with Gasteiger partial charge < -0.3 is 5.11 Å². The van der Waals surface area contributed by atoms with Crippen LogP contribution < -0.4 is 0 Å². The van der Waals surface area contributed by atoms with E-state index >= 15 is 0 Å². The Morgan fingerprint density at radius 3 is 1.36 bits per heavy atom. The van der Waals surface area contributed by atoms with Crippen molar-refractivity contribution in [2.75, 3.05) is 26.2 Å². The second-order valence-electron chi connectivity index (χ2n) is 25.9. The molecule has 0 radical (unpaired) electrons. The van der Waals surface area contributed by atoms with Gasteiger partial charge in [-0.15, -0.1) is 0 Å². The molecule has 0 saturated heterocycles. The van der Waals surface area contributed by atoms with Crippen LogP contribution >= 0.6 is 0 Å². The number of nitrogens with zero attached hydrogens (tertiary/aromatic N) is 2. The molecule has 8 aliphatic carbocycles. The van der Waals surface area contributed by atoms with E-state index in [0.717, 1.165) is 112 Å². The predicted molar refractivity (Wildman–Crippen MR) is 291 cm³/mol. The zero-order valence-electron chi connectivity index (χ0n) is 46.9. The second kappa shape index (κ2) is 28.5. The molecule has 4 unspecified atom stereocenters. The number of aliphatic hydroxyl groups excluding tert-OH is 1. The molecule has 8 saturated carbocycles. The zero-order valence-corrected chi connectivity index (χ0v) is 48.3. The van der Waals surface area contributed by atoms with Gasteiger partial charge in [0.2, 0.25) is 0 Å². The number of halogens is 6. The molecular weight excluding hydrogens is 1010 g/mol. The van der Waals surface area contributed by atoms with Crippen molar-refractivity contribution >= 4 is 10.4 Å². The summed E-state index contributed by atoms with van der Waals surface area (Å²) < 4.78 is 80.1. The number of aliphatic hydroxyl groups is 1. The van der Waals surface area contributed by atoms with E-state index < -0.39 is 29.4 Å². The number of aliphatic carboxylic acids is 1. The maximum atomic E-state index is 13.3. The number of rotatable bonds is 19. The van der Waals surface area contributed by atoms with Crippen LogP contribution in [0.15, 0.2) is 48.5 Å². The molecule has 0 heterocycles. The van der Waals surface area contributed by atoms with Gasteiger partial charge in [0.1, 0.15) is 0 Å². The van der Waals surface area contributed by atoms with Crippen molar-refractivity contribution in [3.63, 3.8) is 0 Å². The molecule has 0 amide bonds. The molecule has 0 aromatic heterocycles. The molecule has 5 nitrogen and oxygen atoms in total. The summed E-state index contributed by atoms with van der Waals surface area (Å²) in [6, 6.07) is 12.4. The predicted octanol–water partition coefficient (Wildman–Crippen LogP) is 17.7. The van der Waals surface area contributed by atoms with Crippen molar-refractivity contribution in [3.05, 3.63) is 70.8 Å². The quantitative estimate of drug-likeness (QED) is 0.137. The number of alkyl halides is 6. The first-order chi connectivity index (χ1) is 36.3. The van der Waals surface area contributed by atoms with Crippen molar-refractivity contribution in [1.82, 2.24) is 9.80 Å². The first-order valence-electron chi connectivity index (χ1n) is 30.6. The van der Waals surface area contributed by atoms with Gasteiger partial charge in [-0.2, -0.15) is 13.2 Å². The molecule has 0 aliphatic heterocycles. The van der Waals surface area contributed by atoms with E-state index in [0.29, 0.717) is 34.1 Å². The van der Waals surface area contributed by atoms with E-state index in [9.17, 15) is 41.4 Å². The van der Waals surface area contributed by atoms with E-state index in [-0.39, 0.29) is 30.2 Å². The van der Waals surface area contributed by atoms with Gasteiger partial charge in [0.15, 0.2) is 0 Å². The molecule has 8 aliphatic rings. The minimum absolute atomic E-state index is 0.0708. The normalized spacial score (nSPS) is 30.2. The minimum atomic E-state index is -4.35. The Labute approximate surface area is 463 Å². The molecule has 8 fully saturated rings. The number of hydrogen-bond donors (Lipinski definition) is 2. The summed E-state index contributed by atoms with van der Waals surface area (Å²) in [5, 5.41) is 19.4. The first-order valence-corrected chi connectivity index (χ1v) is 31.3. The fourth-order valence-corrected chi connectivity index (χ4v) is 17.0. The number of benzene rings is 2. The third kappa shape index (κ3) is 17.7. The summed E-state index contributed by atoms with van der Waals surface area (Å²) >= 11 is 2.26. The van der Waals surface area contributed by atoms with Gasteiger partial charge >= 0.3 is 231 Å². The van der Waals surface area contributed by atoms with Crippen LogP contribution in [0.1, 0.15) is 235 Å². The molecule has 427 valence electrons. The topological polar surface area (TPSA) is 64.0 Å². The van der Waals surface area contributed by atoms with Crippen molar-refractivity contribution in [3.8, 4) is 0 Å². The Morgan fingerprint density at radius 1 is 0.566 bits per heavy atom. The Morgan fingerprint density at radius 2 is 0.974 bits per heavy atom. The Balaban J connectivity index is 0.000000214. The van der Waals surface area contributed by atoms with Gasteiger partial charge in [0.25, 0.3) is 0 Å². The molecule has 2 aromatic carbocycles. The van der Waals surface area contributed by atoms with Gasteiger partial charge in [-0.3, -0.25) is 9.69 Å². The van der Waals surface area contributed by atoms with Crippen LogP contribution in [0.4, 0.5) is 26.3 Å². The molecule has 2 N–H and O–H groups in total. The fraction of sp³-hybridized carbons (Fsp3) is 0.781. The van der Waals surface area contributed by atoms with E-state index in [2.05, 4.69) is 40.6 Å². The monoisotopic (exact) mass is 1110 g/mol. The average molecular weight is 1110 g/mol. The van der Waals surface area contributed by atoms with E-state index in [1.54, 1.807) is 24.3 Å². The Bertz CT molecular complexity index is 2010. The Kier molecular flexibility index (Phi) is 23.0. The van der Waals surface area contributed by atoms with Gasteiger partial charge in [-0.1, -0.05) is 52.7 Å². The van der Waals surface area contributed by atoms with Crippen LogP contribution in [0.5, 0.6) is 0 Å².